The Bertz CT molecular complexity index is 143. The molecule has 9 heavy (non-hydrogen) atoms. The van der Waals surface area contributed by atoms with E-state index in [0.717, 1.165) is 0 Å². The first-order valence-corrected chi connectivity index (χ1v) is 2.73. The second kappa shape index (κ2) is 2.39. The van der Waals surface area contributed by atoms with Crippen LogP contribution in [0.2, 0.25) is 0 Å². The van der Waals surface area contributed by atoms with E-state index in [9.17, 15) is 4.79 Å². The average Bonchev–Trinajstić information content (AvgIpc) is 1.90. The number of nitrogens with one attached hydrogen (secondary N) is 1. The molecule has 0 radical (unpaired) electrons. The van der Waals surface area contributed by atoms with E-state index in [2.05, 4.69) is 5.32 Å². The van der Waals surface area contributed by atoms with Crippen molar-refractivity contribution in [2.45, 2.75) is 0 Å². The van der Waals surface area contributed by atoms with Crippen molar-refractivity contribution in [3.8, 4) is 0 Å². The molecule has 1 aliphatic heterocycles. The minimum atomic E-state index is -0.383. The number of hydrogen-bond donors (Lipinski definition) is 2. The Labute approximate surface area is 53.3 Å². The molecule has 2 amide bonds. The van der Waals surface area contributed by atoms with Crippen LogP contribution >= 0.6 is 0 Å². The molecule has 0 spiro atoms. The van der Waals surface area contributed by atoms with E-state index in [-0.39, 0.29) is 6.03 Å². The van der Waals surface area contributed by atoms with Crippen molar-refractivity contribution >= 4 is 6.03 Å². The van der Waals surface area contributed by atoms with Gasteiger partial charge < -0.3 is 16.0 Å². The molecular formula is C5H9N3O. The third-order valence-corrected chi connectivity index (χ3v) is 1.16. The summed E-state index contributed by atoms with van der Waals surface area (Å²) in [7, 11) is 0. The van der Waals surface area contributed by atoms with Crippen molar-refractivity contribution in [1.82, 2.24) is 10.2 Å². The molecule has 0 saturated heterocycles. The van der Waals surface area contributed by atoms with Gasteiger partial charge in [-0.25, -0.2) is 4.79 Å². The van der Waals surface area contributed by atoms with Gasteiger partial charge in [-0.2, -0.15) is 0 Å². The number of nitrogens with zero attached hydrogens (tertiary/aromatic N) is 1. The third-order valence-electron chi connectivity index (χ3n) is 1.16. The van der Waals surface area contributed by atoms with Gasteiger partial charge >= 0.3 is 6.03 Å². The maximum absolute atomic E-state index is 10.4. The van der Waals surface area contributed by atoms with Crippen LogP contribution in [-0.2, 0) is 0 Å². The van der Waals surface area contributed by atoms with Crippen LogP contribution in [0.4, 0.5) is 4.79 Å². The monoisotopic (exact) mass is 127 g/mol. The van der Waals surface area contributed by atoms with Crippen molar-refractivity contribution in [1.29, 1.82) is 0 Å². The molecule has 1 heterocycles. The highest BCUT2D eigenvalue weighted by Crippen LogP contribution is 1.89. The fourth-order valence-electron chi connectivity index (χ4n) is 0.659. The van der Waals surface area contributed by atoms with Crippen molar-refractivity contribution in [2.24, 2.45) is 5.73 Å². The largest absolute Gasteiger partial charge is 0.374 e. The summed E-state index contributed by atoms with van der Waals surface area (Å²) in [6.45, 7) is 1.13. The van der Waals surface area contributed by atoms with Crippen LogP contribution < -0.4 is 11.1 Å². The lowest BCUT2D eigenvalue weighted by molar-refractivity contribution is 0.209. The Morgan fingerprint density at radius 1 is 1.78 bits per heavy atom. The summed E-state index contributed by atoms with van der Waals surface area (Å²) in [4.78, 5) is 11.9. The molecular weight excluding hydrogens is 118 g/mol. The Morgan fingerprint density at radius 2 is 2.56 bits per heavy atom. The molecule has 0 aromatic rings. The van der Waals surface area contributed by atoms with Gasteiger partial charge in [0.15, 0.2) is 0 Å². The van der Waals surface area contributed by atoms with Crippen LogP contribution in [0.5, 0.6) is 0 Å². The molecule has 1 rings (SSSR count). The minimum absolute atomic E-state index is 0.383. The van der Waals surface area contributed by atoms with E-state index >= 15 is 0 Å². The van der Waals surface area contributed by atoms with Gasteiger partial charge in [0.25, 0.3) is 0 Å². The standard InChI is InChI=1S/C5H9N3O/c6-5(9)8-3-1-2-7-4-8/h1-2,7H,3-4H2,(H2,6,9). The van der Waals surface area contributed by atoms with E-state index < -0.39 is 0 Å². The highest BCUT2D eigenvalue weighted by Gasteiger charge is 2.07. The molecule has 4 heteroatoms. The predicted octanol–water partition coefficient (Wildman–Crippen LogP) is -0.558. The lowest BCUT2D eigenvalue weighted by Crippen LogP contribution is -2.43. The SMILES string of the molecule is NC(=O)N1CC=CNC1. The molecule has 3 N–H and O–H groups in total. The average molecular weight is 127 g/mol. The van der Waals surface area contributed by atoms with Crippen LogP contribution in [0.3, 0.4) is 0 Å². The maximum Gasteiger partial charge on any atom is 0.316 e. The molecule has 0 atom stereocenters. The first kappa shape index (κ1) is 5.94. The number of amides is 2. The summed E-state index contributed by atoms with van der Waals surface area (Å²) in [5, 5.41) is 2.86. The van der Waals surface area contributed by atoms with Gasteiger partial charge in [0.2, 0.25) is 0 Å². The van der Waals surface area contributed by atoms with Gasteiger partial charge in [0, 0.05) is 6.54 Å². The summed E-state index contributed by atoms with van der Waals surface area (Å²) < 4.78 is 0. The zero-order chi connectivity index (χ0) is 6.69. The highest BCUT2D eigenvalue weighted by molar-refractivity contribution is 5.72. The van der Waals surface area contributed by atoms with Gasteiger partial charge in [0.05, 0.1) is 6.67 Å². The Morgan fingerprint density at radius 3 is 2.89 bits per heavy atom. The molecule has 0 aliphatic carbocycles. The second-order valence-corrected chi connectivity index (χ2v) is 1.83. The van der Waals surface area contributed by atoms with E-state index in [0.29, 0.717) is 13.2 Å². The summed E-state index contributed by atoms with van der Waals surface area (Å²) in [6, 6.07) is -0.383. The van der Waals surface area contributed by atoms with Crippen LogP contribution in [0.15, 0.2) is 12.3 Å². The molecule has 0 fully saturated rings. The van der Waals surface area contributed by atoms with Crippen molar-refractivity contribution in [3.63, 3.8) is 0 Å². The smallest absolute Gasteiger partial charge is 0.316 e. The lowest BCUT2D eigenvalue weighted by atomic mass is 10.5. The van der Waals surface area contributed by atoms with Crippen molar-refractivity contribution in [2.75, 3.05) is 13.2 Å². The zero-order valence-corrected chi connectivity index (χ0v) is 5.00. The Balaban J connectivity index is 2.44. The van der Waals surface area contributed by atoms with Gasteiger partial charge in [-0.1, -0.05) is 0 Å². The number of primary amides is 1. The number of carbonyl (C=O) groups excluding carboxylic acids is 1. The summed E-state index contributed by atoms with van der Waals surface area (Å²) in [5.74, 6) is 0. The number of nitrogens with two attached hydrogens (primary N) is 1. The quantitative estimate of drug-likeness (QED) is 0.458. The Hall–Kier alpha value is -1.19. The maximum atomic E-state index is 10.4. The van der Waals surface area contributed by atoms with Crippen LogP contribution in [0.25, 0.3) is 0 Å². The van der Waals surface area contributed by atoms with Crippen LogP contribution in [-0.4, -0.2) is 24.1 Å². The van der Waals surface area contributed by atoms with Crippen molar-refractivity contribution < 1.29 is 4.79 Å². The summed E-state index contributed by atoms with van der Waals surface area (Å²) in [5.41, 5.74) is 4.98. The minimum Gasteiger partial charge on any atom is -0.374 e. The zero-order valence-electron chi connectivity index (χ0n) is 5.00. The topological polar surface area (TPSA) is 58.4 Å². The normalized spacial score (nSPS) is 17.1. The third kappa shape index (κ3) is 1.35. The van der Waals surface area contributed by atoms with E-state index in [1.165, 1.54) is 4.90 Å². The molecule has 1 aliphatic rings. The molecule has 0 aromatic heterocycles. The van der Waals surface area contributed by atoms with Crippen LogP contribution in [0.1, 0.15) is 0 Å². The van der Waals surface area contributed by atoms with Gasteiger partial charge in [-0.15, -0.1) is 0 Å². The number of rotatable bonds is 0. The first-order chi connectivity index (χ1) is 4.30. The fourth-order valence-corrected chi connectivity index (χ4v) is 0.659. The molecule has 0 saturated carbocycles. The summed E-state index contributed by atoms with van der Waals surface area (Å²) in [6.07, 6.45) is 3.65. The molecule has 50 valence electrons. The fraction of sp³-hybridized carbons (Fsp3) is 0.400. The number of hydrogen-bond acceptors (Lipinski definition) is 2. The Kier molecular flexibility index (Phi) is 1.58. The van der Waals surface area contributed by atoms with Crippen LogP contribution in [0, 0.1) is 0 Å². The van der Waals surface area contributed by atoms with Crippen molar-refractivity contribution in [3.05, 3.63) is 12.3 Å². The highest BCUT2D eigenvalue weighted by atomic mass is 16.2. The van der Waals surface area contributed by atoms with Gasteiger partial charge in [-0.05, 0) is 12.3 Å². The van der Waals surface area contributed by atoms with E-state index in [1.54, 1.807) is 6.20 Å². The first-order valence-electron chi connectivity index (χ1n) is 2.73. The van der Waals surface area contributed by atoms with Gasteiger partial charge in [-0.3, -0.25) is 0 Å². The summed E-state index contributed by atoms with van der Waals surface area (Å²) >= 11 is 0. The molecule has 4 nitrogen and oxygen atoms in total. The number of urea groups is 1. The molecule has 0 aromatic carbocycles. The number of carbonyl (C=O) groups is 1. The lowest BCUT2D eigenvalue weighted by Gasteiger charge is -2.21. The second-order valence-electron chi connectivity index (χ2n) is 1.83. The van der Waals surface area contributed by atoms with E-state index in [4.69, 9.17) is 5.73 Å². The molecule has 0 bridgehead atoms. The predicted molar refractivity (Wildman–Crippen MR) is 33.4 cm³/mol. The van der Waals surface area contributed by atoms with Gasteiger partial charge in [0.1, 0.15) is 0 Å². The van der Waals surface area contributed by atoms with E-state index in [1.807, 2.05) is 6.08 Å². The molecule has 0 unspecified atom stereocenters.